The lowest BCUT2D eigenvalue weighted by Gasteiger charge is -2.35. The number of nitrogens with zero attached hydrogens (tertiary/aromatic N) is 3. The summed E-state index contributed by atoms with van der Waals surface area (Å²) >= 11 is 0. The van der Waals surface area contributed by atoms with Crippen molar-refractivity contribution in [3.05, 3.63) is 30.1 Å². The second kappa shape index (κ2) is 7.85. The Morgan fingerprint density at radius 3 is 2.73 bits per heavy atom. The number of carbonyl (C=O) groups is 3. The molecular weight excluding hydrogens is 334 g/mol. The number of hydrogen-bond donors (Lipinski definition) is 0. The van der Waals surface area contributed by atoms with E-state index in [1.807, 2.05) is 12.1 Å². The molecule has 1 aliphatic heterocycles. The van der Waals surface area contributed by atoms with E-state index in [1.54, 1.807) is 19.4 Å². The molecule has 3 amide bonds. The van der Waals surface area contributed by atoms with Crippen LogP contribution in [0.1, 0.15) is 44.1 Å². The summed E-state index contributed by atoms with van der Waals surface area (Å²) in [5.41, 5.74) is 0.324. The molecule has 2 fully saturated rings. The number of likely N-dealkylation sites (N-methyl/N-ethyl adjacent to an activating group) is 1. The van der Waals surface area contributed by atoms with Crippen molar-refractivity contribution < 1.29 is 19.1 Å². The molecule has 0 N–H and O–H groups in total. The molecule has 0 bridgehead atoms. The summed E-state index contributed by atoms with van der Waals surface area (Å²) < 4.78 is 5.21. The minimum Gasteiger partial charge on any atom is -0.464 e. The number of ether oxygens (including phenoxy) is 1. The van der Waals surface area contributed by atoms with Gasteiger partial charge in [-0.3, -0.25) is 19.5 Å². The number of hydrogen-bond acceptors (Lipinski definition) is 5. The Hall–Kier alpha value is -2.44. The van der Waals surface area contributed by atoms with Crippen molar-refractivity contribution >= 4 is 17.9 Å². The Morgan fingerprint density at radius 1 is 1.27 bits per heavy atom. The van der Waals surface area contributed by atoms with Gasteiger partial charge in [-0.15, -0.1) is 0 Å². The van der Waals surface area contributed by atoms with Gasteiger partial charge in [0.2, 0.25) is 0 Å². The van der Waals surface area contributed by atoms with Gasteiger partial charge in [-0.2, -0.15) is 0 Å². The summed E-state index contributed by atoms with van der Waals surface area (Å²) in [6.07, 6.45) is 9.20. The highest BCUT2D eigenvalue weighted by molar-refractivity contribution is 6.08. The maximum atomic E-state index is 12.8. The van der Waals surface area contributed by atoms with E-state index in [0.717, 1.165) is 36.1 Å². The van der Waals surface area contributed by atoms with Gasteiger partial charge in [0.05, 0.1) is 6.61 Å². The normalized spacial score (nSPS) is 19.3. The molecule has 1 aromatic rings. The summed E-state index contributed by atoms with van der Waals surface area (Å²) in [5.74, 6) is -0.795. The van der Waals surface area contributed by atoms with E-state index in [4.69, 9.17) is 4.74 Å². The first-order chi connectivity index (χ1) is 12.5. The molecular formula is C19H25N3O4. The molecule has 0 unspecified atom stereocenters. The van der Waals surface area contributed by atoms with E-state index in [1.165, 1.54) is 4.90 Å². The molecule has 26 heavy (non-hydrogen) atoms. The Bertz CT molecular complexity index is 671. The molecule has 1 spiro atoms. The largest absolute Gasteiger partial charge is 0.464 e. The fraction of sp³-hybridized carbons (Fsp3) is 0.579. The molecule has 0 atom stereocenters. The van der Waals surface area contributed by atoms with Crippen LogP contribution in [0.25, 0.3) is 0 Å². The van der Waals surface area contributed by atoms with Crippen molar-refractivity contribution in [3.63, 3.8) is 0 Å². The number of carbonyl (C=O) groups excluding carboxylic acids is 3. The summed E-state index contributed by atoms with van der Waals surface area (Å²) in [5, 5.41) is 0. The van der Waals surface area contributed by atoms with Crippen molar-refractivity contribution in [2.24, 2.45) is 0 Å². The Labute approximate surface area is 153 Å². The molecule has 1 saturated heterocycles. The summed E-state index contributed by atoms with van der Waals surface area (Å²) in [4.78, 5) is 43.9. The van der Waals surface area contributed by atoms with Gasteiger partial charge in [-0.05, 0) is 37.3 Å². The van der Waals surface area contributed by atoms with Crippen LogP contribution in [0.3, 0.4) is 0 Å². The molecule has 2 aliphatic rings. The van der Waals surface area contributed by atoms with Crippen molar-refractivity contribution in [2.75, 3.05) is 20.2 Å². The monoisotopic (exact) mass is 359 g/mol. The van der Waals surface area contributed by atoms with E-state index in [-0.39, 0.29) is 19.1 Å². The number of rotatable bonds is 6. The van der Waals surface area contributed by atoms with Gasteiger partial charge in [0.15, 0.2) is 0 Å². The maximum Gasteiger partial charge on any atom is 0.327 e. The van der Waals surface area contributed by atoms with E-state index >= 15 is 0 Å². The third kappa shape index (κ3) is 3.57. The third-order valence-electron chi connectivity index (χ3n) is 5.37. The molecule has 7 nitrogen and oxygen atoms in total. The van der Waals surface area contributed by atoms with Crippen molar-refractivity contribution in [3.8, 4) is 0 Å². The molecule has 0 aromatic carbocycles. The summed E-state index contributed by atoms with van der Waals surface area (Å²) in [6.45, 7) is -0.0540. The quantitative estimate of drug-likeness (QED) is 0.442. The van der Waals surface area contributed by atoms with Gasteiger partial charge in [0.25, 0.3) is 5.91 Å². The Balaban J connectivity index is 1.49. The summed E-state index contributed by atoms with van der Waals surface area (Å²) in [6, 6.07) is 3.43. The van der Waals surface area contributed by atoms with Crippen molar-refractivity contribution in [1.82, 2.24) is 14.8 Å². The van der Waals surface area contributed by atoms with Gasteiger partial charge >= 0.3 is 12.0 Å². The predicted molar refractivity (Wildman–Crippen MR) is 94.2 cm³/mol. The van der Waals surface area contributed by atoms with Crippen LogP contribution >= 0.6 is 0 Å². The first-order valence-corrected chi connectivity index (χ1v) is 9.19. The number of imide groups is 1. The molecule has 3 rings (SSSR count). The fourth-order valence-corrected chi connectivity index (χ4v) is 3.85. The van der Waals surface area contributed by atoms with E-state index in [2.05, 4.69) is 4.98 Å². The maximum absolute atomic E-state index is 12.8. The van der Waals surface area contributed by atoms with Gasteiger partial charge in [-0.25, -0.2) is 4.79 Å². The van der Waals surface area contributed by atoms with E-state index in [9.17, 15) is 14.4 Å². The smallest absolute Gasteiger partial charge is 0.327 e. The molecule has 1 aromatic heterocycles. The average molecular weight is 359 g/mol. The first-order valence-electron chi connectivity index (χ1n) is 9.19. The number of aryl methyl sites for hydroxylation is 1. The SMILES string of the molecule is CN1C(=O)N(CC(=O)OCCCc2cccnc2)C(=O)C12CCCCC2. The van der Waals surface area contributed by atoms with Crippen LogP contribution in [-0.2, 0) is 20.7 Å². The number of aromatic nitrogens is 1. The minimum absolute atomic E-state index is 0.253. The van der Waals surface area contributed by atoms with E-state index in [0.29, 0.717) is 19.3 Å². The second-order valence-electron chi connectivity index (χ2n) is 7.01. The number of amides is 3. The first kappa shape index (κ1) is 18.4. The topological polar surface area (TPSA) is 79.8 Å². The Morgan fingerprint density at radius 2 is 2.04 bits per heavy atom. The molecule has 140 valence electrons. The Kier molecular flexibility index (Phi) is 5.54. The minimum atomic E-state index is -0.754. The van der Waals surface area contributed by atoms with Gasteiger partial charge in [0.1, 0.15) is 12.1 Å². The molecule has 2 heterocycles. The fourth-order valence-electron chi connectivity index (χ4n) is 3.85. The van der Waals surface area contributed by atoms with E-state index < -0.39 is 17.5 Å². The second-order valence-corrected chi connectivity index (χ2v) is 7.01. The lowest BCUT2D eigenvalue weighted by atomic mass is 9.81. The van der Waals surface area contributed by atoms with Gasteiger partial charge in [0, 0.05) is 19.4 Å². The molecule has 7 heteroatoms. The highest BCUT2D eigenvalue weighted by Gasteiger charge is 2.55. The lowest BCUT2D eigenvalue weighted by Crippen LogP contribution is -2.49. The van der Waals surface area contributed by atoms with Crippen LogP contribution in [0, 0.1) is 0 Å². The average Bonchev–Trinajstić information content (AvgIpc) is 2.83. The number of pyridine rings is 1. The van der Waals surface area contributed by atoms with Crippen LogP contribution in [0.5, 0.6) is 0 Å². The predicted octanol–water partition coefficient (Wildman–Crippen LogP) is 2.15. The van der Waals surface area contributed by atoms with Crippen LogP contribution in [0.15, 0.2) is 24.5 Å². The zero-order valence-corrected chi connectivity index (χ0v) is 15.1. The van der Waals surface area contributed by atoms with Crippen LogP contribution in [0.4, 0.5) is 4.79 Å². The zero-order valence-electron chi connectivity index (χ0n) is 15.1. The highest BCUT2D eigenvalue weighted by atomic mass is 16.5. The highest BCUT2D eigenvalue weighted by Crippen LogP contribution is 2.39. The van der Waals surface area contributed by atoms with Crippen LogP contribution < -0.4 is 0 Å². The van der Waals surface area contributed by atoms with Crippen molar-refractivity contribution in [1.29, 1.82) is 0 Å². The molecule has 1 saturated carbocycles. The zero-order chi connectivity index (χ0) is 18.6. The number of esters is 1. The number of urea groups is 1. The van der Waals surface area contributed by atoms with Gasteiger partial charge in [-0.1, -0.05) is 25.3 Å². The molecule has 1 aliphatic carbocycles. The summed E-state index contributed by atoms with van der Waals surface area (Å²) in [7, 11) is 1.66. The van der Waals surface area contributed by atoms with Crippen LogP contribution in [-0.4, -0.2) is 58.4 Å². The molecule has 0 radical (unpaired) electrons. The lowest BCUT2D eigenvalue weighted by molar-refractivity contribution is -0.148. The third-order valence-corrected chi connectivity index (χ3v) is 5.37. The standard InChI is InChI=1S/C19H25N3O4/c1-21-18(25)22(17(24)19(21)9-3-2-4-10-19)14-16(23)26-12-6-8-15-7-5-11-20-13-15/h5,7,11,13H,2-4,6,8-10,12,14H2,1H3. The van der Waals surface area contributed by atoms with Crippen molar-refractivity contribution in [2.45, 2.75) is 50.5 Å². The van der Waals surface area contributed by atoms with Crippen LogP contribution in [0.2, 0.25) is 0 Å². The van der Waals surface area contributed by atoms with Gasteiger partial charge < -0.3 is 9.64 Å².